The van der Waals surface area contributed by atoms with Crippen molar-refractivity contribution in [1.82, 2.24) is 0 Å². The molecule has 2 aromatic carbocycles. The van der Waals surface area contributed by atoms with Gasteiger partial charge in [0, 0.05) is 12.2 Å². The third-order valence-corrected chi connectivity index (χ3v) is 3.49. The summed E-state index contributed by atoms with van der Waals surface area (Å²) in [6, 6.07) is 16.9. The van der Waals surface area contributed by atoms with Gasteiger partial charge in [-0.2, -0.15) is 0 Å². The molecule has 0 spiro atoms. The van der Waals surface area contributed by atoms with Gasteiger partial charge in [0.2, 0.25) is 0 Å². The molecular weight excluding hydrogens is 258 g/mol. The highest BCUT2D eigenvalue weighted by atomic mass is 16.5. The maximum Gasteiger partial charge on any atom is 0.119 e. The van der Waals surface area contributed by atoms with Gasteiger partial charge in [-0.1, -0.05) is 38.1 Å². The number of benzene rings is 2. The van der Waals surface area contributed by atoms with Gasteiger partial charge in [-0.25, -0.2) is 0 Å². The number of hydrogen-bond acceptors (Lipinski definition) is 2. The Labute approximate surface area is 128 Å². The molecule has 112 valence electrons. The van der Waals surface area contributed by atoms with Crippen molar-refractivity contribution in [3.63, 3.8) is 0 Å². The van der Waals surface area contributed by atoms with Crippen LogP contribution in [0.3, 0.4) is 0 Å². The first-order valence-electron chi connectivity index (χ1n) is 7.68. The van der Waals surface area contributed by atoms with Crippen molar-refractivity contribution < 1.29 is 4.74 Å². The molecule has 2 nitrogen and oxygen atoms in total. The molecule has 0 radical (unpaired) electrons. The summed E-state index contributed by atoms with van der Waals surface area (Å²) in [6.07, 6.45) is 0.986. The van der Waals surface area contributed by atoms with E-state index in [2.05, 4.69) is 62.5 Å². The minimum atomic E-state index is 0.585. The van der Waals surface area contributed by atoms with E-state index in [1.807, 2.05) is 12.1 Å². The first kappa shape index (κ1) is 15.4. The summed E-state index contributed by atoms with van der Waals surface area (Å²) in [4.78, 5) is 0. The SMILES string of the molecule is Cc1cccc(OCCCNc2ccc(C(C)C)cc2)c1. The molecule has 0 aromatic heterocycles. The lowest BCUT2D eigenvalue weighted by atomic mass is 10.0. The minimum Gasteiger partial charge on any atom is -0.494 e. The largest absolute Gasteiger partial charge is 0.494 e. The summed E-state index contributed by atoms with van der Waals surface area (Å²) in [5.41, 5.74) is 3.79. The van der Waals surface area contributed by atoms with E-state index in [4.69, 9.17) is 4.74 Å². The normalized spacial score (nSPS) is 10.7. The lowest BCUT2D eigenvalue weighted by Crippen LogP contribution is -2.07. The van der Waals surface area contributed by atoms with Gasteiger partial charge < -0.3 is 10.1 Å². The van der Waals surface area contributed by atoms with Gasteiger partial charge >= 0.3 is 0 Å². The van der Waals surface area contributed by atoms with Crippen LogP contribution in [-0.2, 0) is 0 Å². The Bertz CT molecular complexity index is 546. The van der Waals surface area contributed by atoms with Crippen molar-refractivity contribution >= 4 is 5.69 Å². The molecule has 2 rings (SSSR count). The third kappa shape index (κ3) is 5.14. The molecule has 0 aliphatic carbocycles. The van der Waals surface area contributed by atoms with Crippen LogP contribution in [0, 0.1) is 6.92 Å². The maximum absolute atomic E-state index is 5.74. The van der Waals surface area contributed by atoms with Crippen LogP contribution >= 0.6 is 0 Å². The van der Waals surface area contributed by atoms with Gasteiger partial charge in [0.25, 0.3) is 0 Å². The molecule has 2 heteroatoms. The molecule has 0 amide bonds. The van der Waals surface area contributed by atoms with Gasteiger partial charge in [-0.15, -0.1) is 0 Å². The molecule has 0 aliphatic heterocycles. The average Bonchev–Trinajstić information content (AvgIpc) is 2.47. The van der Waals surface area contributed by atoms with E-state index in [9.17, 15) is 0 Å². The van der Waals surface area contributed by atoms with Crippen molar-refractivity contribution in [2.75, 3.05) is 18.5 Å². The Morgan fingerprint density at radius 3 is 2.48 bits per heavy atom. The standard InChI is InChI=1S/C19H25NO/c1-15(2)17-8-10-18(11-9-17)20-12-5-13-21-19-7-4-6-16(3)14-19/h4,6-11,14-15,20H,5,12-13H2,1-3H3. The van der Waals surface area contributed by atoms with Gasteiger partial charge in [-0.05, 0) is 54.7 Å². The predicted octanol–water partition coefficient (Wildman–Crippen LogP) is 5.00. The van der Waals surface area contributed by atoms with Crippen LogP contribution < -0.4 is 10.1 Å². The van der Waals surface area contributed by atoms with Crippen molar-refractivity contribution in [1.29, 1.82) is 0 Å². The van der Waals surface area contributed by atoms with Crippen LogP contribution in [0.5, 0.6) is 5.75 Å². The average molecular weight is 283 g/mol. The highest BCUT2D eigenvalue weighted by Crippen LogP contribution is 2.17. The van der Waals surface area contributed by atoms with E-state index in [1.54, 1.807) is 0 Å². The summed E-state index contributed by atoms with van der Waals surface area (Å²) >= 11 is 0. The van der Waals surface area contributed by atoms with E-state index >= 15 is 0 Å². The van der Waals surface area contributed by atoms with Crippen molar-refractivity contribution in [3.05, 3.63) is 59.7 Å². The highest BCUT2D eigenvalue weighted by molar-refractivity contribution is 5.45. The number of anilines is 1. The summed E-state index contributed by atoms with van der Waals surface area (Å²) in [5.74, 6) is 1.54. The Hall–Kier alpha value is -1.96. The number of rotatable bonds is 7. The summed E-state index contributed by atoms with van der Waals surface area (Å²) < 4.78 is 5.74. The van der Waals surface area contributed by atoms with Gasteiger partial charge in [-0.3, -0.25) is 0 Å². The summed E-state index contributed by atoms with van der Waals surface area (Å²) in [7, 11) is 0. The molecule has 0 unspecified atom stereocenters. The molecule has 0 saturated heterocycles. The summed E-state index contributed by atoms with van der Waals surface area (Å²) in [6.45, 7) is 8.17. The lowest BCUT2D eigenvalue weighted by molar-refractivity contribution is 0.315. The Kier molecular flexibility index (Phi) is 5.68. The molecule has 0 saturated carbocycles. The summed E-state index contributed by atoms with van der Waals surface area (Å²) in [5, 5.41) is 3.43. The molecule has 0 aliphatic rings. The molecule has 0 heterocycles. The number of nitrogens with one attached hydrogen (secondary N) is 1. The zero-order chi connectivity index (χ0) is 15.1. The Morgan fingerprint density at radius 1 is 1.05 bits per heavy atom. The van der Waals surface area contributed by atoms with E-state index in [0.29, 0.717) is 5.92 Å². The predicted molar refractivity (Wildman–Crippen MR) is 90.3 cm³/mol. The number of ether oxygens (including phenoxy) is 1. The van der Waals surface area contributed by atoms with Gasteiger partial charge in [0.15, 0.2) is 0 Å². The molecule has 2 aromatic rings. The van der Waals surface area contributed by atoms with Crippen molar-refractivity contribution in [2.45, 2.75) is 33.1 Å². The van der Waals surface area contributed by atoms with E-state index in [-0.39, 0.29) is 0 Å². The number of hydrogen-bond donors (Lipinski definition) is 1. The van der Waals surface area contributed by atoms with Crippen LogP contribution in [-0.4, -0.2) is 13.2 Å². The maximum atomic E-state index is 5.74. The van der Waals surface area contributed by atoms with Crippen LogP contribution in [0.25, 0.3) is 0 Å². The smallest absolute Gasteiger partial charge is 0.119 e. The second kappa shape index (κ2) is 7.72. The Morgan fingerprint density at radius 2 is 1.81 bits per heavy atom. The van der Waals surface area contributed by atoms with Crippen molar-refractivity contribution in [3.8, 4) is 5.75 Å². The van der Waals surface area contributed by atoms with E-state index < -0.39 is 0 Å². The third-order valence-electron chi connectivity index (χ3n) is 3.49. The zero-order valence-electron chi connectivity index (χ0n) is 13.2. The first-order chi connectivity index (χ1) is 10.1. The zero-order valence-corrected chi connectivity index (χ0v) is 13.2. The van der Waals surface area contributed by atoms with Crippen LogP contribution in [0.1, 0.15) is 37.3 Å². The number of aryl methyl sites for hydroxylation is 1. The fourth-order valence-electron chi connectivity index (χ4n) is 2.19. The van der Waals surface area contributed by atoms with Crippen LogP contribution in [0.2, 0.25) is 0 Å². The molecular formula is C19H25NO. The molecule has 21 heavy (non-hydrogen) atoms. The molecule has 0 fully saturated rings. The van der Waals surface area contributed by atoms with E-state index in [0.717, 1.165) is 25.3 Å². The second-order valence-corrected chi connectivity index (χ2v) is 5.72. The monoisotopic (exact) mass is 283 g/mol. The molecule has 0 atom stereocenters. The Balaban J connectivity index is 1.67. The lowest BCUT2D eigenvalue weighted by Gasteiger charge is -2.10. The van der Waals surface area contributed by atoms with Gasteiger partial charge in [0.1, 0.15) is 5.75 Å². The second-order valence-electron chi connectivity index (χ2n) is 5.72. The van der Waals surface area contributed by atoms with E-state index in [1.165, 1.54) is 16.8 Å². The quantitative estimate of drug-likeness (QED) is 0.722. The fraction of sp³-hybridized carbons (Fsp3) is 0.368. The van der Waals surface area contributed by atoms with Crippen LogP contribution in [0.15, 0.2) is 48.5 Å². The topological polar surface area (TPSA) is 21.3 Å². The van der Waals surface area contributed by atoms with Crippen molar-refractivity contribution in [2.24, 2.45) is 0 Å². The molecule has 0 bridgehead atoms. The first-order valence-corrected chi connectivity index (χ1v) is 7.68. The van der Waals surface area contributed by atoms with Crippen LogP contribution in [0.4, 0.5) is 5.69 Å². The molecule has 1 N–H and O–H groups in total. The highest BCUT2D eigenvalue weighted by Gasteiger charge is 1.99. The fourth-order valence-corrected chi connectivity index (χ4v) is 2.19. The van der Waals surface area contributed by atoms with Gasteiger partial charge in [0.05, 0.1) is 6.61 Å². The minimum absolute atomic E-state index is 0.585.